The van der Waals surface area contributed by atoms with E-state index in [1.54, 1.807) is 48.5 Å². The summed E-state index contributed by atoms with van der Waals surface area (Å²) in [4.78, 5) is 50.5. The maximum atomic E-state index is 12.5. The van der Waals surface area contributed by atoms with E-state index in [1.807, 2.05) is 0 Å². The second-order valence-corrected chi connectivity index (χ2v) is 8.40. The monoisotopic (exact) mass is 486 g/mol. The second kappa shape index (κ2) is 12.2. The highest BCUT2D eigenvalue weighted by atomic mass is 35.5. The highest BCUT2D eigenvalue weighted by molar-refractivity contribution is 6.30. The molecule has 1 saturated heterocycles. The molecular weight excluding hydrogens is 460 g/mol. The first-order valence-corrected chi connectivity index (χ1v) is 11.5. The molecule has 1 heterocycles. The number of anilines is 2. The van der Waals surface area contributed by atoms with Crippen LogP contribution in [0.4, 0.5) is 11.4 Å². The van der Waals surface area contributed by atoms with E-state index >= 15 is 0 Å². The van der Waals surface area contributed by atoms with Crippen molar-refractivity contribution in [3.63, 3.8) is 0 Å². The third kappa shape index (κ3) is 7.05. The van der Waals surface area contributed by atoms with Gasteiger partial charge in [-0.25, -0.2) is 4.79 Å². The van der Waals surface area contributed by atoms with Gasteiger partial charge in [0, 0.05) is 29.4 Å². The van der Waals surface area contributed by atoms with Crippen LogP contribution in [0.25, 0.3) is 0 Å². The van der Waals surface area contributed by atoms with Gasteiger partial charge < -0.3 is 19.7 Å². The molecule has 1 atom stereocenters. The summed E-state index contributed by atoms with van der Waals surface area (Å²) in [5.41, 5.74) is 1.46. The first-order chi connectivity index (χ1) is 16.4. The van der Waals surface area contributed by atoms with Crippen LogP contribution in [0.2, 0.25) is 5.02 Å². The molecule has 1 aliphatic heterocycles. The van der Waals surface area contributed by atoms with Gasteiger partial charge in [0.2, 0.25) is 5.91 Å². The lowest BCUT2D eigenvalue weighted by atomic mass is 10.1. The minimum atomic E-state index is -0.685. The van der Waals surface area contributed by atoms with E-state index in [0.29, 0.717) is 28.6 Å². The Kier molecular flexibility index (Phi) is 9.04. The molecule has 2 aromatic carbocycles. The van der Waals surface area contributed by atoms with E-state index < -0.39 is 30.4 Å². The van der Waals surface area contributed by atoms with Gasteiger partial charge in [0.1, 0.15) is 0 Å². The van der Waals surface area contributed by atoms with Crippen LogP contribution in [-0.2, 0) is 23.9 Å². The molecule has 2 aromatic rings. The van der Waals surface area contributed by atoms with Crippen LogP contribution in [0.1, 0.15) is 43.0 Å². The maximum absolute atomic E-state index is 12.5. The van der Waals surface area contributed by atoms with Crippen molar-refractivity contribution in [2.24, 2.45) is 5.92 Å². The zero-order valence-electron chi connectivity index (χ0n) is 18.9. The summed E-state index contributed by atoms with van der Waals surface area (Å²) in [6.45, 7) is 2.11. The molecule has 1 fully saturated rings. The molecule has 180 valence electrons. The fourth-order valence-corrected chi connectivity index (χ4v) is 3.70. The van der Waals surface area contributed by atoms with Crippen molar-refractivity contribution in [1.82, 2.24) is 0 Å². The molecule has 2 amide bonds. The Hall–Kier alpha value is -3.39. The normalized spacial score (nSPS) is 15.2. The Morgan fingerprint density at radius 2 is 1.85 bits per heavy atom. The third-order valence-corrected chi connectivity index (χ3v) is 5.54. The van der Waals surface area contributed by atoms with Crippen molar-refractivity contribution in [2.75, 3.05) is 30.0 Å². The zero-order chi connectivity index (χ0) is 24.5. The van der Waals surface area contributed by atoms with Gasteiger partial charge >= 0.3 is 11.9 Å². The van der Waals surface area contributed by atoms with Crippen molar-refractivity contribution in [3.8, 4) is 0 Å². The van der Waals surface area contributed by atoms with E-state index in [2.05, 4.69) is 12.2 Å². The lowest BCUT2D eigenvalue weighted by molar-refractivity contribution is -0.151. The number of hydrogen-bond donors (Lipinski definition) is 1. The first kappa shape index (κ1) is 25.2. The Bertz CT molecular complexity index is 1040. The lowest BCUT2D eigenvalue weighted by Gasteiger charge is -2.17. The van der Waals surface area contributed by atoms with Gasteiger partial charge in [-0.15, -0.1) is 0 Å². The summed E-state index contributed by atoms with van der Waals surface area (Å²) >= 11 is 5.88. The number of carbonyl (C=O) groups is 4. The number of rotatable bonds is 10. The number of benzene rings is 2. The van der Waals surface area contributed by atoms with Gasteiger partial charge in [0.15, 0.2) is 6.61 Å². The molecule has 9 heteroatoms. The summed E-state index contributed by atoms with van der Waals surface area (Å²) < 4.78 is 10.3. The Morgan fingerprint density at radius 1 is 1.09 bits per heavy atom. The van der Waals surface area contributed by atoms with Gasteiger partial charge in [-0.1, -0.05) is 37.4 Å². The van der Waals surface area contributed by atoms with Gasteiger partial charge in [0.05, 0.1) is 18.1 Å². The van der Waals surface area contributed by atoms with Gasteiger partial charge in [0.25, 0.3) is 5.91 Å². The van der Waals surface area contributed by atoms with Crippen LogP contribution in [0.3, 0.4) is 0 Å². The number of carbonyl (C=O) groups excluding carboxylic acids is 4. The topological polar surface area (TPSA) is 102 Å². The number of esters is 2. The van der Waals surface area contributed by atoms with Crippen LogP contribution >= 0.6 is 11.6 Å². The molecule has 34 heavy (non-hydrogen) atoms. The molecule has 1 N–H and O–H groups in total. The number of nitrogens with one attached hydrogen (secondary N) is 1. The summed E-state index contributed by atoms with van der Waals surface area (Å²) in [7, 11) is 0. The third-order valence-electron chi connectivity index (χ3n) is 5.31. The average molecular weight is 487 g/mol. The number of unbranched alkanes of at least 4 members (excludes halogenated alkanes) is 2. The predicted molar refractivity (Wildman–Crippen MR) is 128 cm³/mol. The molecular formula is C25H27ClN2O6. The summed E-state index contributed by atoms with van der Waals surface area (Å²) in [5.74, 6) is -2.46. The number of halogens is 1. The van der Waals surface area contributed by atoms with Crippen LogP contribution in [0, 0.1) is 5.92 Å². The number of nitrogens with zero attached hydrogens (tertiary/aromatic N) is 1. The van der Waals surface area contributed by atoms with Crippen LogP contribution < -0.4 is 10.2 Å². The maximum Gasteiger partial charge on any atom is 0.338 e. The minimum absolute atomic E-state index is 0.0179. The quantitative estimate of drug-likeness (QED) is 0.398. The van der Waals surface area contributed by atoms with Crippen molar-refractivity contribution in [1.29, 1.82) is 0 Å². The first-order valence-electron chi connectivity index (χ1n) is 11.2. The van der Waals surface area contributed by atoms with Crippen LogP contribution in [-0.4, -0.2) is 43.5 Å². The van der Waals surface area contributed by atoms with E-state index in [4.69, 9.17) is 21.1 Å². The number of amides is 2. The van der Waals surface area contributed by atoms with Crippen molar-refractivity contribution < 1.29 is 28.7 Å². The molecule has 1 aliphatic rings. The molecule has 8 nitrogen and oxygen atoms in total. The fourth-order valence-electron chi connectivity index (χ4n) is 3.51. The summed E-state index contributed by atoms with van der Waals surface area (Å²) in [5, 5.41) is 3.06. The molecule has 3 rings (SSSR count). The van der Waals surface area contributed by atoms with Crippen molar-refractivity contribution in [2.45, 2.75) is 32.6 Å². The molecule has 0 aliphatic carbocycles. The molecule has 0 radical (unpaired) electrons. The molecule has 0 aromatic heterocycles. The number of ether oxygens (including phenoxy) is 2. The van der Waals surface area contributed by atoms with E-state index in [1.165, 1.54) is 4.90 Å². The predicted octanol–water partition coefficient (Wildman–Crippen LogP) is 4.22. The van der Waals surface area contributed by atoms with Crippen molar-refractivity contribution in [3.05, 3.63) is 59.1 Å². The zero-order valence-corrected chi connectivity index (χ0v) is 19.7. The second-order valence-electron chi connectivity index (χ2n) is 7.96. The fraction of sp³-hybridized carbons (Fsp3) is 0.360. The lowest BCUT2D eigenvalue weighted by Crippen LogP contribution is -2.28. The number of hydrogen-bond acceptors (Lipinski definition) is 6. The van der Waals surface area contributed by atoms with E-state index in [-0.39, 0.29) is 18.9 Å². The standard InChI is InChI=1S/C25H27ClN2O6/c1-2-3-4-12-33-24(31)17-8-10-21(11-9-17)28-15-18(13-23(28)30)25(32)34-16-22(29)27-20-7-5-6-19(26)14-20/h5-11,14,18H,2-4,12-13,15-16H2,1H3,(H,27,29)/t18-/m1/s1. The molecule has 0 unspecified atom stereocenters. The van der Waals surface area contributed by atoms with Gasteiger partial charge in [-0.05, 0) is 48.9 Å². The highest BCUT2D eigenvalue weighted by Gasteiger charge is 2.36. The summed E-state index contributed by atoms with van der Waals surface area (Å²) in [6, 6.07) is 13.1. The molecule has 0 saturated carbocycles. The molecule has 0 bridgehead atoms. The largest absolute Gasteiger partial charge is 0.462 e. The molecule has 0 spiro atoms. The minimum Gasteiger partial charge on any atom is -0.462 e. The van der Waals surface area contributed by atoms with Gasteiger partial charge in [-0.3, -0.25) is 14.4 Å². The van der Waals surface area contributed by atoms with Crippen LogP contribution in [0.5, 0.6) is 0 Å². The Balaban J connectivity index is 1.48. The summed E-state index contributed by atoms with van der Waals surface area (Å²) in [6.07, 6.45) is 2.85. The van der Waals surface area contributed by atoms with Crippen LogP contribution in [0.15, 0.2) is 48.5 Å². The average Bonchev–Trinajstić information content (AvgIpc) is 3.22. The van der Waals surface area contributed by atoms with E-state index in [0.717, 1.165) is 19.3 Å². The van der Waals surface area contributed by atoms with Gasteiger partial charge in [-0.2, -0.15) is 0 Å². The van der Waals surface area contributed by atoms with Crippen molar-refractivity contribution >= 4 is 46.7 Å². The Labute approximate surface area is 203 Å². The highest BCUT2D eigenvalue weighted by Crippen LogP contribution is 2.26. The smallest absolute Gasteiger partial charge is 0.338 e. The SMILES string of the molecule is CCCCCOC(=O)c1ccc(N2C[C@H](C(=O)OCC(=O)Nc3cccc(Cl)c3)CC2=O)cc1. The Morgan fingerprint density at radius 3 is 2.56 bits per heavy atom. The van der Waals surface area contributed by atoms with E-state index in [9.17, 15) is 19.2 Å².